The Morgan fingerprint density at radius 3 is 2.65 bits per heavy atom. The number of aromatic amines is 1. The molecule has 1 aromatic heterocycles. The molecule has 7 heteroatoms. The standard InChI is InChI=1S/C16H20N2O4S/c1-3-22-12-6-4-11(5-7-12)15-13(23-16(21)17-15)10-18(2)9-8-14(19)20/h4-7H,3,8-10H2,1-2H3,(H,17,21)(H,19,20). The molecule has 0 saturated carbocycles. The predicted molar refractivity (Wildman–Crippen MR) is 90.1 cm³/mol. The largest absolute Gasteiger partial charge is 0.494 e. The van der Waals surface area contributed by atoms with E-state index in [1.165, 1.54) is 0 Å². The first-order chi connectivity index (χ1) is 11.0. The van der Waals surface area contributed by atoms with Crippen LogP contribution in [0.3, 0.4) is 0 Å². The third-order valence-corrected chi connectivity index (χ3v) is 4.16. The number of benzene rings is 1. The van der Waals surface area contributed by atoms with Crippen LogP contribution >= 0.6 is 11.3 Å². The summed E-state index contributed by atoms with van der Waals surface area (Å²) in [7, 11) is 1.84. The number of ether oxygens (including phenoxy) is 1. The molecule has 2 aromatic rings. The van der Waals surface area contributed by atoms with Crippen molar-refractivity contribution in [2.24, 2.45) is 0 Å². The van der Waals surface area contributed by atoms with Gasteiger partial charge in [-0.2, -0.15) is 0 Å². The highest BCUT2D eigenvalue weighted by atomic mass is 32.1. The SMILES string of the molecule is CCOc1ccc(-c2[nH]c(=O)sc2CN(C)CCC(=O)O)cc1. The van der Waals surface area contributed by atoms with Gasteiger partial charge in [0.1, 0.15) is 5.75 Å². The van der Waals surface area contributed by atoms with Crippen LogP contribution in [0.5, 0.6) is 5.75 Å². The summed E-state index contributed by atoms with van der Waals surface area (Å²) >= 11 is 1.15. The van der Waals surface area contributed by atoms with Gasteiger partial charge in [0.2, 0.25) is 0 Å². The van der Waals surface area contributed by atoms with Gasteiger partial charge in [-0.1, -0.05) is 11.3 Å². The highest BCUT2D eigenvalue weighted by Gasteiger charge is 2.13. The van der Waals surface area contributed by atoms with E-state index >= 15 is 0 Å². The molecule has 0 saturated heterocycles. The van der Waals surface area contributed by atoms with E-state index in [4.69, 9.17) is 9.84 Å². The van der Waals surface area contributed by atoms with Crippen molar-refractivity contribution < 1.29 is 14.6 Å². The van der Waals surface area contributed by atoms with Crippen LogP contribution in [0.1, 0.15) is 18.2 Å². The van der Waals surface area contributed by atoms with Gasteiger partial charge in [0.05, 0.1) is 18.7 Å². The lowest BCUT2D eigenvalue weighted by Gasteiger charge is -2.15. The number of carboxylic acids is 1. The lowest BCUT2D eigenvalue weighted by atomic mass is 10.1. The molecule has 124 valence electrons. The van der Waals surface area contributed by atoms with Crippen molar-refractivity contribution >= 4 is 17.3 Å². The molecule has 0 spiro atoms. The molecule has 0 unspecified atom stereocenters. The van der Waals surface area contributed by atoms with Gasteiger partial charge in [-0.3, -0.25) is 9.59 Å². The maximum Gasteiger partial charge on any atom is 0.305 e. The third kappa shape index (κ3) is 4.94. The molecule has 1 heterocycles. The van der Waals surface area contributed by atoms with Gasteiger partial charge in [0.15, 0.2) is 0 Å². The Morgan fingerprint density at radius 2 is 2.04 bits per heavy atom. The number of aliphatic carboxylic acids is 1. The van der Waals surface area contributed by atoms with Crippen LogP contribution in [-0.2, 0) is 11.3 Å². The zero-order chi connectivity index (χ0) is 16.8. The van der Waals surface area contributed by atoms with E-state index < -0.39 is 5.97 Å². The first-order valence-corrected chi connectivity index (χ1v) is 8.16. The number of hydrogen-bond donors (Lipinski definition) is 2. The van der Waals surface area contributed by atoms with Crippen LogP contribution in [0.15, 0.2) is 29.1 Å². The molecular formula is C16H20N2O4S. The maximum absolute atomic E-state index is 11.7. The van der Waals surface area contributed by atoms with Gasteiger partial charge in [-0.05, 0) is 43.8 Å². The van der Waals surface area contributed by atoms with Crippen LogP contribution in [0.2, 0.25) is 0 Å². The lowest BCUT2D eigenvalue weighted by molar-refractivity contribution is -0.137. The topological polar surface area (TPSA) is 82.6 Å². The maximum atomic E-state index is 11.7. The number of nitrogens with zero attached hydrogens (tertiary/aromatic N) is 1. The second kappa shape index (κ2) is 7.94. The van der Waals surface area contributed by atoms with Crippen LogP contribution < -0.4 is 9.61 Å². The molecular weight excluding hydrogens is 316 g/mol. The molecule has 0 bridgehead atoms. The van der Waals surface area contributed by atoms with Crippen molar-refractivity contribution in [3.05, 3.63) is 38.8 Å². The molecule has 2 N–H and O–H groups in total. The highest BCUT2D eigenvalue weighted by molar-refractivity contribution is 7.09. The van der Waals surface area contributed by atoms with Crippen molar-refractivity contribution in [2.45, 2.75) is 19.9 Å². The Labute approximate surface area is 138 Å². The number of H-pyrrole nitrogens is 1. The average molecular weight is 336 g/mol. The van der Waals surface area contributed by atoms with Crippen molar-refractivity contribution in [2.75, 3.05) is 20.2 Å². The van der Waals surface area contributed by atoms with E-state index in [0.29, 0.717) is 19.7 Å². The smallest absolute Gasteiger partial charge is 0.305 e. The molecule has 0 aliphatic carbocycles. The summed E-state index contributed by atoms with van der Waals surface area (Å²) < 4.78 is 5.42. The van der Waals surface area contributed by atoms with Crippen molar-refractivity contribution in [3.63, 3.8) is 0 Å². The average Bonchev–Trinajstić information content (AvgIpc) is 2.87. The molecule has 0 fully saturated rings. The molecule has 23 heavy (non-hydrogen) atoms. The van der Waals surface area contributed by atoms with Gasteiger partial charge in [0.25, 0.3) is 0 Å². The van der Waals surface area contributed by atoms with Crippen molar-refractivity contribution in [1.29, 1.82) is 0 Å². The fourth-order valence-corrected chi connectivity index (χ4v) is 3.13. The van der Waals surface area contributed by atoms with Crippen LogP contribution in [-0.4, -0.2) is 41.2 Å². The minimum Gasteiger partial charge on any atom is -0.494 e. The van der Waals surface area contributed by atoms with E-state index in [0.717, 1.165) is 33.2 Å². The number of thiazole rings is 1. The molecule has 2 rings (SSSR count). The van der Waals surface area contributed by atoms with Crippen molar-refractivity contribution in [3.8, 4) is 17.0 Å². The molecule has 1 aromatic carbocycles. The first-order valence-electron chi connectivity index (χ1n) is 7.35. The third-order valence-electron chi connectivity index (χ3n) is 3.30. The normalized spacial score (nSPS) is 10.9. The zero-order valence-electron chi connectivity index (χ0n) is 13.2. The summed E-state index contributed by atoms with van der Waals surface area (Å²) in [6.07, 6.45) is 0.0776. The number of aromatic nitrogens is 1. The molecule has 6 nitrogen and oxygen atoms in total. The lowest BCUT2D eigenvalue weighted by Crippen LogP contribution is -2.21. The van der Waals surface area contributed by atoms with Crippen LogP contribution in [0.4, 0.5) is 0 Å². The Bertz CT molecular complexity index is 706. The summed E-state index contributed by atoms with van der Waals surface area (Å²) in [6.45, 7) is 3.49. The van der Waals surface area contributed by atoms with E-state index in [2.05, 4.69) is 4.98 Å². The molecule has 0 atom stereocenters. The minimum absolute atomic E-state index is 0.0776. The van der Waals surface area contributed by atoms with Crippen molar-refractivity contribution in [1.82, 2.24) is 9.88 Å². The van der Waals surface area contributed by atoms with Gasteiger partial charge >= 0.3 is 10.8 Å². The summed E-state index contributed by atoms with van der Waals surface area (Å²) in [5.74, 6) is -0.0419. The monoisotopic (exact) mass is 336 g/mol. The van der Waals surface area contributed by atoms with E-state index in [9.17, 15) is 9.59 Å². The molecule has 0 aliphatic heterocycles. The minimum atomic E-state index is -0.828. The van der Waals surface area contributed by atoms with Crippen LogP contribution in [0, 0.1) is 0 Å². The zero-order valence-corrected chi connectivity index (χ0v) is 14.0. The number of hydrogen-bond acceptors (Lipinski definition) is 5. The second-order valence-electron chi connectivity index (χ2n) is 5.15. The number of nitrogens with one attached hydrogen (secondary N) is 1. The molecule has 0 radical (unpaired) electrons. The van der Waals surface area contributed by atoms with Gasteiger partial charge in [0, 0.05) is 18.0 Å². The fraction of sp³-hybridized carbons (Fsp3) is 0.375. The van der Waals surface area contributed by atoms with Crippen LogP contribution in [0.25, 0.3) is 11.3 Å². The first kappa shape index (κ1) is 17.2. The molecule has 0 amide bonds. The summed E-state index contributed by atoms with van der Waals surface area (Å²) in [5.41, 5.74) is 1.69. The number of carbonyl (C=O) groups is 1. The second-order valence-corrected chi connectivity index (χ2v) is 6.22. The predicted octanol–water partition coefficient (Wildman–Crippen LogP) is 2.41. The number of carboxylic acid groups (broad SMARTS) is 1. The van der Waals surface area contributed by atoms with E-state index in [1.54, 1.807) is 0 Å². The van der Waals surface area contributed by atoms with Gasteiger partial charge in [-0.15, -0.1) is 0 Å². The van der Waals surface area contributed by atoms with E-state index in [-0.39, 0.29) is 11.3 Å². The molecule has 0 aliphatic rings. The summed E-state index contributed by atoms with van der Waals surface area (Å²) in [5, 5.41) is 8.74. The highest BCUT2D eigenvalue weighted by Crippen LogP contribution is 2.26. The van der Waals surface area contributed by atoms with E-state index in [1.807, 2.05) is 43.1 Å². The Kier molecular flexibility index (Phi) is 5.95. The summed E-state index contributed by atoms with van der Waals surface area (Å²) in [4.78, 5) is 27.9. The van der Waals surface area contributed by atoms with Gasteiger partial charge in [-0.25, -0.2) is 0 Å². The quantitative estimate of drug-likeness (QED) is 0.773. The Hall–Kier alpha value is -2.12. The Balaban J connectivity index is 2.16. The van der Waals surface area contributed by atoms with Gasteiger partial charge < -0.3 is 19.7 Å². The summed E-state index contributed by atoms with van der Waals surface area (Å²) in [6, 6.07) is 7.55. The fourth-order valence-electron chi connectivity index (χ4n) is 2.20. The Morgan fingerprint density at radius 1 is 1.35 bits per heavy atom. The number of rotatable bonds is 8.